The zero-order valence-corrected chi connectivity index (χ0v) is 14.6. The monoisotopic (exact) mass is 357 g/mol. The number of amides is 3. The van der Waals surface area contributed by atoms with Crippen LogP contribution in [0.1, 0.15) is 22.7 Å². The van der Waals surface area contributed by atoms with Crippen molar-refractivity contribution in [2.45, 2.75) is 12.5 Å². The molecule has 0 saturated carbocycles. The molecule has 0 spiro atoms. The molecule has 3 amide bonds. The standard InChI is InChI=1S/C22H19N3O2/c23-22(27)25-21(26)20(14-6-2-1-3-7-14)24-17-11-10-16-12-15-8-4-5-9-18(15)19(16)13-17/h1-11,13,20,24H,12H2,(H3,23,25,26,27)/t20-/m1/s1. The summed E-state index contributed by atoms with van der Waals surface area (Å²) in [5, 5.41) is 5.41. The van der Waals surface area contributed by atoms with Crippen molar-refractivity contribution in [2.24, 2.45) is 5.73 Å². The lowest BCUT2D eigenvalue weighted by Crippen LogP contribution is -2.40. The van der Waals surface area contributed by atoms with Crippen molar-refractivity contribution in [1.82, 2.24) is 5.32 Å². The van der Waals surface area contributed by atoms with Gasteiger partial charge in [-0.25, -0.2) is 4.79 Å². The Labute approximate surface area is 157 Å². The molecule has 0 fully saturated rings. The van der Waals surface area contributed by atoms with Gasteiger partial charge in [0.25, 0.3) is 5.91 Å². The maximum absolute atomic E-state index is 12.5. The van der Waals surface area contributed by atoms with E-state index in [0.29, 0.717) is 0 Å². The quantitative estimate of drug-likeness (QED) is 0.522. The number of nitrogens with one attached hydrogen (secondary N) is 2. The van der Waals surface area contributed by atoms with E-state index in [1.54, 1.807) is 0 Å². The zero-order valence-electron chi connectivity index (χ0n) is 14.6. The van der Waals surface area contributed by atoms with Crippen molar-refractivity contribution in [2.75, 3.05) is 5.32 Å². The van der Waals surface area contributed by atoms with Gasteiger partial charge in [-0.15, -0.1) is 0 Å². The summed E-state index contributed by atoms with van der Waals surface area (Å²) in [4.78, 5) is 23.7. The predicted molar refractivity (Wildman–Crippen MR) is 105 cm³/mol. The molecule has 3 aromatic carbocycles. The van der Waals surface area contributed by atoms with Crippen LogP contribution < -0.4 is 16.4 Å². The van der Waals surface area contributed by atoms with Crippen LogP contribution in [0.5, 0.6) is 0 Å². The van der Waals surface area contributed by atoms with Gasteiger partial charge in [-0.2, -0.15) is 0 Å². The van der Waals surface area contributed by atoms with Crippen molar-refractivity contribution in [3.05, 3.63) is 89.5 Å². The number of carbonyl (C=O) groups excluding carboxylic acids is 2. The second kappa shape index (κ2) is 6.96. The SMILES string of the molecule is NC(=O)NC(=O)[C@H](Nc1ccc2c(c1)-c1ccccc1C2)c1ccccc1. The van der Waals surface area contributed by atoms with E-state index in [0.717, 1.165) is 23.2 Å². The molecule has 134 valence electrons. The van der Waals surface area contributed by atoms with Gasteiger partial charge in [0.15, 0.2) is 0 Å². The molecule has 0 aromatic heterocycles. The summed E-state index contributed by atoms with van der Waals surface area (Å²) < 4.78 is 0. The van der Waals surface area contributed by atoms with E-state index in [-0.39, 0.29) is 0 Å². The summed E-state index contributed by atoms with van der Waals surface area (Å²) in [5.74, 6) is -0.491. The molecule has 0 heterocycles. The topological polar surface area (TPSA) is 84.2 Å². The Balaban J connectivity index is 1.67. The van der Waals surface area contributed by atoms with E-state index in [2.05, 4.69) is 34.9 Å². The highest BCUT2D eigenvalue weighted by molar-refractivity contribution is 5.98. The maximum atomic E-state index is 12.5. The number of nitrogens with two attached hydrogens (primary N) is 1. The normalized spacial score (nSPS) is 12.6. The number of primary amides is 1. The molecule has 0 unspecified atom stereocenters. The van der Waals surface area contributed by atoms with Gasteiger partial charge in [-0.05, 0) is 46.4 Å². The van der Waals surface area contributed by atoms with Crippen molar-refractivity contribution in [1.29, 1.82) is 0 Å². The lowest BCUT2D eigenvalue weighted by Gasteiger charge is -2.19. The number of hydrogen-bond donors (Lipinski definition) is 3. The van der Waals surface area contributed by atoms with Gasteiger partial charge in [-0.3, -0.25) is 10.1 Å². The lowest BCUT2D eigenvalue weighted by atomic mass is 10.0. The molecule has 1 aliphatic carbocycles. The van der Waals surface area contributed by atoms with Crippen LogP contribution in [-0.2, 0) is 11.2 Å². The third-order valence-electron chi connectivity index (χ3n) is 4.75. The van der Waals surface area contributed by atoms with Gasteiger partial charge in [0.05, 0.1) is 0 Å². The summed E-state index contributed by atoms with van der Waals surface area (Å²) in [6.07, 6.45) is 0.913. The average molecular weight is 357 g/mol. The van der Waals surface area contributed by atoms with Crippen LogP contribution in [0.4, 0.5) is 10.5 Å². The average Bonchev–Trinajstić information content (AvgIpc) is 3.04. The molecule has 4 N–H and O–H groups in total. The highest BCUT2D eigenvalue weighted by Gasteiger charge is 2.23. The first-order valence-electron chi connectivity index (χ1n) is 8.75. The van der Waals surface area contributed by atoms with Crippen molar-refractivity contribution >= 4 is 17.6 Å². The first kappa shape index (κ1) is 16.8. The van der Waals surface area contributed by atoms with Crippen LogP contribution in [0.2, 0.25) is 0 Å². The van der Waals surface area contributed by atoms with Crippen molar-refractivity contribution in [3.8, 4) is 11.1 Å². The van der Waals surface area contributed by atoms with Crippen LogP contribution >= 0.6 is 0 Å². The molecule has 0 radical (unpaired) electrons. The second-order valence-corrected chi connectivity index (χ2v) is 6.55. The predicted octanol–water partition coefficient (Wildman–Crippen LogP) is 3.61. The Morgan fingerprint density at radius 2 is 1.56 bits per heavy atom. The first-order valence-corrected chi connectivity index (χ1v) is 8.75. The molecule has 1 aliphatic rings. The third-order valence-corrected chi connectivity index (χ3v) is 4.75. The Kier molecular flexibility index (Phi) is 4.34. The van der Waals surface area contributed by atoms with Gasteiger partial charge in [0.1, 0.15) is 6.04 Å². The fourth-order valence-corrected chi connectivity index (χ4v) is 3.52. The van der Waals surface area contributed by atoms with Crippen LogP contribution in [0, 0.1) is 0 Å². The van der Waals surface area contributed by atoms with Gasteiger partial charge in [0.2, 0.25) is 0 Å². The molecule has 3 aromatic rings. The number of rotatable bonds is 4. The Bertz CT molecular complexity index is 1020. The smallest absolute Gasteiger partial charge is 0.318 e. The largest absolute Gasteiger partial charge is 0.370 e. The minimum absolute atomic E-state index is 0.491. The van der Waals surface area contributed by atoms with E-state index in [4.69, 9.17) is 5.73 Å². The number of benzene rings is 3. The van der Waals surface area contributed by atoms with Gasteiger partial charge in [-0.1, -0.05) is 60.7 Å². The molecule has 0 saturated heterocycles. The number of urea groups is 1. The number of hydrogen-bond acceptors (Lipinski definition) is 3. The van der Waals surface area contributed by atoms with Crippen LogP contribution in [0.3, 0.4) is 0 Å². The third kappa shape index (κ3) is 3.40. The maximum Gasteiger partial charge on any atom is 0.318 e. The molecule has 0 bridgehead atoms. The lowest BCUT2D eigenvalue weighted by molar-refractivity contribution is -0.120. The summed E-state index contributed by atoms with van der Waals surface area (Å²) >= 11 is 0. The number of imide groups is 1. The fourth-order valence-electron chi connectivity index (χ4n) is 3.52. The molecule has 1 atom stereocenters. The van der Waals surface area contributed by atoms with Gasteiger partial charge < -0.3 is 11.1 Å². The highest BCUT2D eigenvalue weighted by Crippen LogP contribution is 2.38. The van der Waals surface area contributed by atoms with E-state index in [1.807, 2.05) is 48.5 Å². The number of carbonyl (C=O) groups is 2. The van der Waals surface area contributed by atoms with Crippen molar-refractivity contribution < 1.29 is 9.59 Å². The molecule has 5 heteroatoms. The molecule has 4 rings (SSSR count). The van der Waals surface area contributed by atoms with Crippen LogP contribution in [0.15, 0.2) is 72.8 Å². The minimum atomic E-state index is -0.870. The highest BCUT2D eigenvalue weighted by atomic mass is 16.2. The second-order valence-electron chi connectivity index (χ2n) is 6.55. The van der Waals surface area contributed by atoms with E-state index in [9.17, 15) is 9.59 Å². The Hall–Kier alpha value is -3.60. The van der Waals surface area contributed by atoms with E-state index in [1.165, 1.54) is 16.7 Å². The Morgan fingerprint density at radius 1 is 0.852 bits per heavy atom. The van der Waals surface area contributed by atoms with E-state index >= 15 is 0 Å². The summed E-state index contributed by atoms with van der Waals surface area (Å²) in [6, 6.07) is 22.0. The summed E-state index contributed by atoms with van der Waals surface area (Å²) in [5.41, 5.74) is 11.6. The number of anilines is 1. The van der Waals surface area contributed by atoms with Crippen molar-refractivity contribution in [3.63, 3.8) is 0 Å². The zero-order chi connectivity index (χ0) is 18.8. The first-order chi connectivity index (χ1) is 13.1. The molecule has 5 nitrogen and oxygen atoms in total. The van der Waals surface area contributed by atoms with Crippen LogP contribution in [-0.4, -0.2) is 11.9 Å². The van der Waals surface area contributed by atoms with Crippen LogP contribution in [0.25, 0.3) is 11.1 Å². The molecule has 0 aliphatic heterocycles. The Morgan fingerprint density at radius 3 is 2.33 bits per heavy atom. The fraction of sp³-hybridized carbons (Fsp3) is 0.0909. The van der Waals surface area contributed by atoms with E-state index < -0.39 is 18.0 Å². The molecular weight excluding hydrogens is 338 g/mol. The molecule has 27 heavy (non-hydrogen) atoms. The summed E-state index contributed by atoms with van der Waals surface area (Å²) in [6.45, 7) is 0. The molecular formula is C22H19N3O2. The summed E-state index contributed by atoms with van der Waals surface area (Å²) in [7, 11) is 0. The van der Waals surface area contributed by atoms with Gasteiger partial charge >= 0.3 is 6.03 Å². The number of fused-ring (bicyclic) bond motifs is 3. The van der Waals surface area contributed by atoms with Gasteiger partial charge in [0, 0.05) is 5.69 Å². The minimum Gasteiger partial charge on any atom is -0.370 e.